The van der Waals surface area contributed by atoms with Crippen LogP contribution in [0.2, 0.25) is 5.02 Å². The molecule has 0 radical (unpaired) electrons. The molecule has 1 rings (SSSR count). The number of carbonyl (C=O) groups excluding carboxylic acids is 6. The second-order valence-electron chi connectivity index (χ2n) is 14.9. The summed E-state index contributed by atoms with van der Waals surface area (Å²) < 4.78 is 0. The van der Waals surface area contributed by atoms with Gasteiger partial charge in [-0.2, -0.15) is 0 Å². The summed E-state index contributed by atoms with van der Waals surface area (Å²) in [4.78, 5) is 85.8. The Kier molecular flexibility index (Phi) is 18.7. The van der Waals surface area contributed by atoms with E-state index >= 15 is 0 Å². The van der Waals surface area contributed by atoms with Gasteiger partial charge in [-0.25, -0.2) is 0 Å². The highest BCUT2D eigenvalue weighted by Crippen LogP contribution is 2.23. The maximum atomic E-state index is 14.1. The van der Waals surface area contributed by atoms with Crippen LogP contribution in [0.15, 0.2) is 29.2 Å². The van der Waals surface area contributed by atoms with Crippen LogP contribution in [-0.4, -0.2) is 107 Å². The Labute approximate surface area is 314 Å². The number of likely N-dealkylation sites (N-methyl/N-ethyl adjacent to an activating group) is 3. The van der Waals surface area contributed by atoms with Crippen LogP contribution < -0.4 is 16.4 Å². The number of nitrogens with zero attached hydrogens (tertiary/aromatic N) is 3. The Morgan fingerprint density at radius 2 is 1.12 bits per heavy atom. The van der Waals surface area contributed by atoms with Crippen LogP contribution in [0.1, 0.15) is 82.1 Å². The lowest BCUT2D eigenvalue weighted by atomic mass is 9.96. The van der Waals surface area contributed by atoms with E-state index in [-0.39, 0.29) is 34.7 Å². The van der Waals surface area contributed by atoms with E-state index in [1.165, 1.54) is 35.8 Å². The van der Waals surface area contributed by atoms with Gasteiger partial charge in [0.15, 0.2) is 0 Å². The highest BCUT2D eigenvalue weighted by Gasteiger charge is 2.39. The zero-order valence-electron chi connectivity index (χ0n) is 32.7. The van der Waals surface area contributed by atoms with E-state index in [9.17, 15) is 28.8 Å². The summed E-state index contributed by atoms with van der Waals surface area (Å²) in [6, 6.07) is 1.39. The van der Waals surface area contributed by atoms with Gasteiger partial charge in [0.1, 0.15) is 24.2 Å². The average molecular weight is 753 g/mol. The zero-order valence-corrected chi connectivity index (χ0v) is 34.2. The van der Waals surface area contributed by atoms with E-state index in [4.69, 9.17) is 17.3 Å². The molecule has 12 nitrogen and oxygen atoms in total. The molecule has 5 amide bonds. The number of hydrogen-bond acceptors (Lipinski definition) is 8. The van der Waals surface area contributed by atoms with Crippen LogP contribution in [-0.2, 0) is 28.8 Å². The van der Waals surface area contributed by atoms with Crippen molar-refractivity contribution in [1.82, 2.24) is 25.3 Å². The molecule has 51 heavy (non-hydrogen) atoms. The van der Waals surface area contributed by atoms with Crippen molar-refractivity contribution in [3.8, 4) is 0 Å². The normalized spacial score (nSPS) is 15.1. The lowest BCUT2D eigenvalue weighted by molar-refractivity contribution is -0.149. The molecule has 14 heteroatoms. The molecule has 0 unspecified atom stereocenters. The van der Waals surface area contributed by atoms with E-state index in [1.807, 2.05) is 41.5 Å². The van der Waals surface area contributed by atoms with Crippen molar-refractivity contribution >= 4 is 58.0 Å². The van der Waals surface area contributed by atoms with Crippen molar-refractivity contribution in [2.45, 2.75) is 123 Å². The number of amides is 5. The topological polar surface area (TPSA) is 162 Å². The van der Waals surface area contributed by atoms with Gasteiger partial charge in [0.25, 0.3) is 0 Å². The van der Waals surface area contributed by atoms with Crippen LogP contribution in [0.5, 0.6) is 0 Å². The first-order valence-corrected chi connectivity index (χ1v) is 18.8. The van der Waals surface area contributed by atoms with Crippen molar-refractivity contribution < 1.29 is 28.8 Å². The molecule has 0 bridgehead atoms. The van der Waals surface area contributed by atoms with Crippen LogP contribution in [0.4, 0.5) is 0 Å². The lowest BCUT2D eigenvalue weighted by Crippen LogP contribution is -2.60. The Morgan fingerprint density at radius 3 is 1.55 bits per heavy atom. The van der Waals surface area contributed by atoms with Crippen molar-refractivity contribution in [2.75, 3.05) is 21.1 Å². The first-order valence-electron chi connectivity index (χ1n) is 17.6. The molecular weight excluding hydrogens is 692 g/mol. The van der Waals surface area contributed by atoms with Crippen molar-refractivity contribution in [3.05, 3.63) is 29.3 Å². The average Bonchev–Trinajstić information content (AvgIpc) is 3.06. The smallest absolute Gasteiger partial charge is 0.245 e. The number of thioether (sulfide) groups is 1. The van der Waals surface area contributed by atoms with Crippen LogP contribution >= 0.6 is 23.4 Å². The minimum absolute atomic E-state index is 0.0116. The highest BCUT2D eigenvalue weighted by atomic mass is 35.5. The summed E-state index contributed by atoms with van der Waals surface area (Å²) in [5.41, 5.74) is 6.06. The minimum Gasteiger partial charge on any atom is -0.344 e. The minimum atomic E-state index is -1.02. The summed E-state index contributed by atoms with van der Waals surface area (Å²) >= 11 is 6.93. The molecule has 288 valence electrons. The number of rotatable bonds is 18. The number of nitrogens with two attached hydrogens (primary N) is 1. The van der Waals surface area contributed by atoms with Gasteiger partial charge < -0.3 is 31.1 Å². The number of carbonyl (C=O) groups is 6. The molecule has 6 atom stereocenters. The van der Waals surface area contributed by atoms with Gasteiger partial charge in [-0.1, -0.05) is 67.0 Å². The van der Waals surface area contributed by atoms with Crippen molar-refractivity contribution in [3.63, 3.8) is 0 Å². The molecule has 1 aromatic carbocycles. The van der Waals surface area contributed by atoms with Gasteiger partial charge in [-0.15, -0.1) is 0 Å². The van der Waals surface area contributed by atoms with E-state index in [0.717, 1.165) is 11.8 Å². The van der Waals surface area contributed by atoms with E-state index < -0.39 is 59.9 Å². The fourth-order valence-corrected chi connectivity index (χ4v) is 6.18. The van der Waals surface area contributed by atoms with E-state index in [2.05, 4.69) is 10.6 Å². The summed E-state index contributed by atoms with van der Waals surface area (Å²) in [6.07, 6.45) is 0.618. The van der Waals surface area contributed by atoms with Gasteiger partial charge >= 0.3 is 0 Å². The third-order valence-electron chi connectivity index (χ3n) is 8.89. The summed E-state index contributed by atoms with van der Waals surface area (Å²) in [7, 11) is 4.55. The maximum absolute atomic E-state index is 14.1. The second kappa shape index (κ2) is 20.8. The summed E-state index contributed by atoms with van der Waals surface area (Å²) in [6.45, 7) is 18.1. The summed E-state index contributed by atoms with van der Waals surface area (Å²) in [5.74, 6) is -2.78. The van der Waals surface area contributed by atoms with Crippen LogP contribution in [0.3, 0.4) is 0 Å². The third kappa shape index (κ3) is 13.7. The quantitative estimate of drug-likeness (QED) is 0.188. The van der Waals surface area contributed by atoms with Gasteiger partial charge in [-0.05, 0) is 86.4 Å². The fraction of sp³-hybridized carbons (Fsp3) is 0.676. The van der Waals surface area contributed by atoms with Gasteiger partial charge in [0, 0.05) is 31.1 Å². The Bertz CT molecular complexity index is 1360. The molecule has 0 aliphatic carbocycles. The Morgan fingerprint density at radius 1 is 0.667 bits per heavy atom. The van der Waals surface area contributed by atoms with E-state index in [0.29, 0.717) is 22.8 Å². The predicted octanol–water partition coefficient (Wildman–Crippen LogP) is 4.18. The first kappa shape index (κ1) is 45.9. The van der Waals surface area contributed by atoms with Gasteiger partial charge in [0.2, 0.25) is 34.7 Å². The fourth-order valence-electron chi connectivity index (χ4n) is 5.31. The third-order valence-corrected chi connectivity index (χ3v) is 10.2. The van der Waals surface area contributed by atoms with Crippen LogP contribution in [0.25, 0.3) is 0 Å². The molecule has 0 aliphatic rings. The monoisotopic (exact) mass is 752 g/mol. The number of hydrogen-bond donors (Lipinski definition) is 3. The molecule has 0 fully saturated rings. The second-order valence-corrected chi connectivity index (χ2v) is 16.4. The molecule has 0 aliphatic heterocycles. The molecular formula is C37H61ClN6O6S. The molecule has 0 spiro atoms. The molecule has 0 saturated carbocycles. The predicted molar refractivity (Wildman–Crippen MR) is 204 cm³/mol. The number of halogens is 1. The Hall–Kier alpha value is -3.16. The van der Waals surface area contributed by atoms with Crippen molar-refractivity contribution in [1.29, 1.82) is 0 Å². The number of benzene rings is 1. The molecule has 1 aromatic rings. The Balaban J connectivity index is 3.23. The molecule has 0 heterocycles. The van der Waals surface area contributed by atoms with Gasteiger partial charge in [0.05, 0.1) is 12.1 Å². The largest absolute Gasteiger partial charge is 0.344 e. The SMILES string of the molecule is CC(C)C[C@@H](C(=O)N[C@@H](C)C(=O)Sc1ccc(Cl)cc1)N(C)C(=O)[C@@H](NC(=O)[C@H](CC(C)C)N(C)C(=O)[C@H](C)N(C)C(=O)[C@@H](N)C(C)C)C(C)C. The van der Waals surface area contributed by atoms with E-state index in [1.54, 1.807) is 52.0 Å². The van der Waals surface area contributed by atoms with Crippen LogP contribution in [0, 0.1) is 23.7 Å². The molecule has 0 aromatic heterocycles. The zero-order chi connectivity index (χ0) is 39.5. The van der Waals surface area contributed by atoms with Gasteiger partial charge in [-0.3, -0.25) is 28.8 Å². The summed E-state index contributed by atoms with van der Waals surface area (Å²) in [5, 5.41) is 5.91. The molecule has 4 N–H and O–H groups in total. The molecule has 0 saturated heterocycles. The standard InChI is InChI=1S/C37H61ClN6O6S/c1-20(2)18-28(32(45)40-24(9)37(50)51-27-16-14-26(38)15-17-27)44(13)36(49)31(23(7)8)41-33(46)29(19-21(3)4)43(12)34(47)25(10)42(11)35(48)30(39)22(5)6/h14-17,20-25,28-31H,18-19,39H2,1-13H3,(H,40,45)(H,41,46)/t24-,25-,28-,29-,30-,31-/m0/s1. The lowest BCUT2D eigenvalue weighted by Gasteiger charge is -2.36. The maximum Gasteiger partial charge on any atom is 0.245 e. The van der Waals surface area contributed by atoms with Crippen molar-refractivity contribution in [2.24, 2.45) is 29.4 Å². The first-order chi connectivity index (χ1) is 23.5. The number of nitrogens with one attached hydrogen (secondary N) is 2. The highest BCUT2D eigenvalue weighted by molar-refractivity contribution is 8.13.